The first kappa shape index (κ1) is 12.5. The lowest BCUT2D eigenvalue weighted by Crippen LogP contribution is -2.43. The van der Waals surface area contributed by atoms with Gasteiger partial charge in [-0.25, -0.2) is 4.79 Å². The molecule has 112 valence electrons. The highest BCUT2D eigenvalue weighted by molar-refractivity contribution is 5.90. The van der Waals surface area contributed by atoms with Crippen LogP contribution in [0.2, 0.25) is 0 Å². The minimum atomic E-state index is -0.807. The predicted octanol–water partition coefficient (Wildman–Crippen LogP) is 3.54. The fourth-order valence-corrected chi connectivity index (χ4v) is 5.00. The molecule has 4 aliphatic rings. The third-order valence-corrected chi connectivity index (χ3v) is 5.94. The first-order valence-corrected chi connectivity index (χ1v) is 8.22. The van der Waals surface area contributed by atoms with Crippen LogP contribution in [-0.4, -0.2) is 24.2 Å². The molecule has 22 heavy (non-hydrogen) atoms. The Kier molecular flexibility index (Phi) is 2.42. The molecule has 0 saturated heterocycles. The lowest BCUT2D eigenvalue weighted by atomic mass is 9.74. The Balaban J connectivity index is 1.77. The number of nitrogens with zero attached hydrogens (tertiary/aromatic N) is 1. The van der Waals surface area contributed by atoms with E-state index in [-0.39, 0.29) is 0 Å². The molecule has 1 aromatic rings. The number of carboxylic acids is 1. The van der Waals surface area contributed by atoms with Gasteiger partial charge in [-0.15, -0.1) is 0 Å². The van der Waals surface area contributed by atoms with Gasteiger partial charge in [-0.05, 0) is 47.9 Å². The maximum absolute atomic E-state index is 11.6. The molecule has 4 atom stereocenters. The number of hydrogen-bond acceptors (Lipinski definition) is 2. The van der Waals surface area contributed by atoms with Crippen LogP contribution in [0, 0.1) is 11.8 Å². The molecule has 1 aromatic carbocycles. The molecule has 2 heterocycles. The zero-order valence-corrected chi connectivity index (χ0v) is 12.4. The van der Waals surface area contributed by atoms with Gasteiger partial charge in [0.1, 0.15) is 0 Å². The summed E-state index contributed by atoms with van der Waals surface area (Å²) in [5, 5.41) is 9.52. The second kappa shape index (κ2) is 4.25. The van der Waals surface area contributed by atoms with E-state index < -0.39 is 5.97 Å². The van der Waals surface area contributed by atoms with E-state index in [0.717, 1.165) is 25.9 Å². The van der Waals surface area contributed by atoms with E-state index in [0.29, 0.717) is 29.2 Å². The summed E-state index contributed by atoms with van der Waals surface area (Å²) < 4.78 is 0. The lowest BCUT2D eigenvalue weighted by Gasteiger charge is -2.46. The van der Waals surface area contributed by atoms with Crippen LogP contribution in [-0.2, 0) is 0 Å². The second-order valence-electron chi connectivity index (χ2n) is 7.11. The van der Waals surface area contributed by atoms with Gasteiger partial charge in [-0.1, -0.05) is 24.3 Å². The van der Waals surface area contributed by atoms with Gasteiger partial charge in [-0.2, -0.15) is 0 Å². The molecule has 0 unspecified atom stereocenters. The van der Waals surface area contributed by atoms with Crippen LogP contribution in [0.25, 0.3) is 0 Å². The van der Waals surface area contributed by atoms with Gasteiger partial charge in [0.05, 0.1) is 5.56 Å². The van der Waals surface area contributed by atoms with Crippen molar-refractivity contribution in [2.45, 2.75) is 24.7 Å². The highest BCUT2D eigenvalue weighted by Gasteiger charge is 2.42. The van der Waals surface area contributed by atoms with Crippen molar-refractivity contribution < 1.29 is 9.90 Å². The average molecular weight is 293 g/mol. The van der Waals surface area contributed by atoms with Crippen molar-refractivity contribution in [3.05, 3.63) is 53.1 Å². The van der Waals surface area contributed by atoms with E-state index in [4.69, 9.17) is 0 Å². The molecule has 1 N–H and O–H groups in total. The maximum atomic E-state index is 11.6. The van der Waals surface area contributed by atoms with E-state index in [2.05, 4.69) is 29.2 Å². The van der Waals surface area contributed by atoms with Gasteiger partial charge in [0, 0.05) is 30.6 Å². The van der Waals surface area contributed by atoms with Crippen LogP contribution in [0.5, 0.6) is 0 Å². The average Bonchev–Trinajstić information content (AvgIpc) is 3.15. The van der Waals surface area contributed by atoms with Gasteiger partial charge in [0.25, 0.3) is 0 Å². The van der Waals surface area contributed by atoms with Crippen molar-refractivity contribution >= 4 is 11.7 Å². The number of aromatic carboxylic acids is 1. The maximum Gasteiger partial charge on any atom is 0.335 e. The number of carboxylic acid groups (broad SMARTS) is 1. The molecule has 2 aliphatic heterocycles. The highest BCUT2D eigenvalue weighted by Crippen LogP contribution is 2.53. The van der Waals surface area contributed by atoms with E-state index in [9.17, 15) is 9.90 Å². The van der Waals surface area contributed by atoms with Crippen LogP contribution in [0.15, 0.2) is 36.4 Å². The number of allylic oxidation sites excluding steroid dienone is 4. The largest absolute Gasteiger partial charge is 0.478 e. The number of anilines is 1. The smallest absolute Gasteiger partial charge is 0.335 e. The fraction of sp³-hybridized carbons (Fsp3) is 0.421. The molecule has 0 saturated carbocycles. The minimum Gasteiger partial charge on any atom is -0.478 e. The van der Waals surface area contributed by atoms with Crippen LogP contribution in [0.3, 0.4) is 0 Å². The zero-order chi connectivity index (χ0) is 14.8. The van der Waals surface area contributed by atoms with Gasteiger partial charge < -0.3 is 10.0 Å². The number of hydrogen-bond donors (Lipinski definition) is 1. The first-order chi connectivity index (χ1) is 10.7. The van der Waals surface area contributed by atoms with Gasteiger partial charge in [0.2, 0.25) is 0 Å². The molecule has 0 amide bonds. The molecule has 3 nitrogen and oxygen atoms in total. The van der Waals surface area contributed by atoms with Gasteiger partial charge in [-0.3, -0.25) is 0 Å². The van der Waals surface area contributed by atoms with Crippen molar-refractivity contribution in [1.29, 1.82) is 0 Å². The number of rotatable bonds is 1. The molecule has 0 radical (unpaired) electrons. The monoisotopic (exact) mass is 293 g/mol. The van der Waals surface area contributed by atoms with Crippen LogP contribution >= 0.6 is 0 Å². The molecule has 5 rings (SSSR count). The molecule has 0 fully saturated rings. The summed E-state index contributed by atoms with van der Waals surface area (Å²) in [7, 11) is 0. The second-order valence-corrected chi connectivity index (χ2v) is 7.11. The van der Waals surface area contributed by atoms with Crippen molar-refractivity contribution in [2.24, 2.45) is 11.8 Å². The molecular formula is C19H19NO2. The molecular weight excluding hydrogens is 274 g/mol. The Morgan fingerprint density at radius 3 is 2.05 bits per heavy atom. The quantitative estimate of drug-likeness (QED) is 0.805. The normalized spacial score (nSPS) is 33.5. The summed E-state index contributed by atoms with van der Waals surface area (Å²) >= 11 is 0. The molecule has 0 aromatic heterocycles. The summed E-state index contributed by atoms with van der Waals surface area (Å²) in [5.74, 6) is 1.25. The summed E-state index contributed by atoms with van der Waals surface area (Å²) in [6, 6.07) is 3.86. The zero-order valence-electron chi connectivity index (χ0n) is 12.4. The third kappa shape index (κ3) is 1.54. The van der Waals surface area contributed by atoms with Crippen molar-refractivity contribution in [1.82, 2.24) is 0 Å². The van der Waals surface area contributed by atoms with E-state index in [1.165, 1.54) is 16.8 Å². The third-order valence-electron chi connectivity index (χ3n) is 5.94. The summed E-state index contributed by atoms with van der Waals surface area (Å²) in [4.78, 5) is 14.1. The number of fused-ring (bicyclic) bond motifs is 4. The Bertz CT molecular complexity index is 682. The summed E-state index contributed by atoms with van der Waals surface area (Å²) in [6.45, 7) is 2.24. The van der Waals surface area contributed by atoms with Crippen LogP contribution in [0.4, 0.5) is 5.69 Å². The van der Waals surface area contributed by atoms with Crippen molar-refractivity contribution in [3.8, 4) is 0 Å². The molecule has 0 spiro atoms. The van der Waals surface area contributed by atoms with Crippen molar-refractivity contribution in [2.75, 3.05) is 18.0 Å². The van der Waals surface area contributed by atoms with Crippen molar-refractivity contribution in [3.63, 3.8) is 0 Å². The summed E-state index contributed by atoms with van der Waals surface area (Å²) in [5.41, 5.74) is 4.29. The lowest BCUT2D eigenvalue weighted by molar-refractivity contribution is 0.0696. The topological polar surface area (TPSA) is 40.5 Å². The van der Waals surface area contributed by atoms with E-state index >= 15 is 0 Å². The summed E-state index contributed by atoms with van der Waals surface area (Å²) in [6.07, 6.45) is 11.4. The predicted molar refractivity (Wildman–Crippen MR) is 85.6 cm³/mol. The molecule has 3 heteroatoms. The number of carbonyl (C=O) groups is 1. The van der Waals surface area contributed by atoms with Crippen LogP contribution < -0.4 is 4.90 Å². The highest BCUT2D eigenvalue weighted by atomic mass is 16.4. The number of benzene rings is 1. The Morgan fingerprint density at radius 1 is 1.00 bits per heavy atom. The molecule has 0 bridgehead atoms. The Labute approximate surface area is 129 Å². The standard InChI is InChI=1S/C19H19NO2/c21-19(22)13-7-16-14-5-1-3-11(14)9-20-10-12-4-2-6-15(12)17(8-13)18(16)20/h1-2,5-8,11-12,14-15H,3-4,9-10H2,(H,21,22)/t11-,12-,14-,15-/m1/s1. The van der Waals surface area contributed by atoms with E-state index in [1.807, 2.05) is 12.1 Å². The van der Waals surface area contributed by atoms with Gasteiger partial charge in [0.15, 0.2) is 0 Å². The van der Waals surface area contributed by atoms with Crippen LogP contribution in [0.1, 0.15) is 46.2 Å². The SMILES string of the molecule is O=C(O)c1cc2c3c(c1)[C@@H]1C=CC[C@@H]1CN3C[C@H]1CC=C[C@@H]21. The Morgan fingerprint density at radius 2 is 1.55 bits per heavy atom. The van der Waals surface area contributed by atoms with E-state index in [1.54, 1.807) is 0 Å². The van der Waals surface area contributed by atoms with Gasteiger partial charge >= 0.3 is 5.97 Å². The Hall–Kier alpha value is -2.03. The molecule has 2 aliphatic carbocycles. The fourth-order valence-electron chi connectivity index (χ4n) is 5.00. The first-order valence-electron chi connectivity index (χ1n) is 8.22. The minimum absolute atomic E-state index is 0.409.